The van der Waals surface area contributed by atoms with Crippen LogP contribution in [-0.4, -0.2) is 9.78 Å². The van der Waals surface area contributed by atoms with Gasteiger partial charge < -0.3 is 0 Å². The molecule has 0 aliphatic heterocycles. The summed E-state index contributed by atoms with van der Waals surface area (Å²) in [5, 5.41) is 4.28. The van der Waals surface area contributed by atoms with Crippen LogP contribution in [-0.2, 0) is 6.54 Å². The smallest absolute Gasteiger partial charge is 0.146 e. The molecule has 2 nitrogen and oxygen atoms in total. The van der Waals surface area contributed by atoms with E-state index in [1.807, 2.05) is 0 Å². The minimum atomic E-state index is -0.400. The quantitative estimate of drug-likeness (QED) is 0.775. The van der Waals surface area contributed by atoms with Gasteiger partial charge in [-0.1, -0.05) is 23.7 Å². The molecule has 0 N–H and O–H groups in total. The van der Waals surface area contributed by atoms with Gasteiger partial charge >= 0.3 is 0 Å². The Hall–Kier alpha value is -0.390. The molecule has 16 heavy (non-hydrogen) atoms. The van der Waals surface area contributed by atoms with Crippen LogP contribution in [0.2, 0.25) is 5.02 Å². The first-order valence-corrected chi connectivity index (χ1v) is 6.36. The largest absolute Gasteiger partial charge is 0.253 e. The first-order chi connectivity index (χ1) is 7.58. The molecule has 0 atom stereocenters. The van der Waals surface area contributed by atoms with E-state index in [2.05, 4.69) is 37.0 Å². The Bertz CT molecular complexity index is 528. The van der Waals surface area contributed by atoms with Crippen molar-refractivity contribution in [3.05, 3.63) is 49.9 Å². The standard InChI is InChI=1S/C10H6Br2ClFN2/c11-8-4-9(12)16(15-8)5-6-2-1-3-7(13)10(6)14/h1-4H,5H2. The van der Waals surface area contributed by atoms with Gasteiger partial charge in [0.25, 0.3) is 0 Å². The van der Waals surface area contributed by atoms with Gasteiger partial charge in [-0.25, -0.2) is 4.39 Å². The van der Waals surface area contributed by atoms with E-state index in [0.717, 1.165) is 4.60 Å². The van der Waals surface area contributed by atoms with E-state index in [0.29, 0.717) is 16.7 Å². The highest BCUT2D eigenvalue weighted by molar-refractivity contribution is 9.11. The molecule has 0 fully saturated rings. The van der Waals surface area contributed by atoms with Gasteiger partial charge in [0.05, 0.1) is 11.6 Å². The summed E-state index contributed by atoms with van der Waals surface area (Å²) in [6.07, 6.45) is 0. The molecule has 0 aliphatic carbocycles. The first-order valence-electron chi connectivity index (χ1n) is 4.39. The van der Waals surface area contributed by atoms with Crippen LogP contribution >= 0.6 is 43.5 Å². The molecule has 0 unspecified atom stereocenters. The SMILES string of the molecule is Fc1c(Cl)cccc1Cn1nc(Br)cc1Br. The first kappa shape index (κ1) is 12.1. The van der Waals surface area contributed by atoms with Gasteiger partial charge in [0, 0.05) is 11.6 Å². The number of rotatable bonds is 2. The summed E-state index contributed by atoms with van der Waals surface area (Å²) in [6, 6.07) is 6.72. The molecule has 1 aromatic carbocycles. The molecule has 0 saturated heterocycles. The fraction of sp³-hybridized carbons (Fsp3) is 0.100. The second-order valence-corrected chi connectivity index (χ2v) is 5.19. The topological polar surface area (TPSA) is 17.8 Å². The Balaban J connectivity index is 2.34. The summed E-state index contributed by atoms with van der Waals surface area (Å²) in [7, 11) is 0. The van der Waals surface area contributed by atoms with Crippen LogP contribution in [0, 0.1) is 5.82 Å². The van der Waals surface area contributed by atoms with E-state index >= 15 is 0 Å². The monoisotopic (exact) mass is 366 g/mol. The average Bonchev–Trinajstić information content (AvgIpc) is 2.53. The van der Waals surface area contributed by atoms with Crippen molar-refractivity contribution in [1.82, 2.24) is 9.78 Å². The van der Waals surface area contributed by atoms with Crippen LogP contribution in [0.5, 0.6) is 0 Å². The van der Waals surface area contributed by atoms with Gasteiger partial charge in [0.1, 0.15) is 15.0 Å². The van der Waals surface area contributed by atoms with Gasteiger partial charge in [-0.3, -0.25) is 4.68 Å². The zero-order chi connectivity index (χ0) is 11.7. The van der Waals surface area contributed by atoms with Gasteiger partial charge in [0.15, 0.2) is 0 Å². The van der Waals surface area contributed by atoms with Crippen molar-refractivity contribution in [2.75, 3.05) is 0 Å². The van der Waals surface area contributed by atoms with Crippen LogP contribution in [0.15, 0.2) is 33.5 Å². The van der Waals surface area contributed by atoms with E-state index in [9.17, 15) is 4.39 Å². The van der Waals surface area contributed by atoms with Crippen LogP contribution in [0.1, 0.15) is 5.56 Å². The summed E-state index contributed by atoms with van der Waals surface area (Å²) >= 11 is 12.3. The normalized spacial score (nSPS) is 10.8. The molecule has 0 amide bonds. The van der Waals surface area contributed by atoms with Crippen molar-refractivity contribution in [2.24, 2.45) is 0 Å². The van der Waals surface area contributed by atoms with E-state index in [1.165, 1.54) is 6.07 Å². The minimum Gasteiger partial charge on any atom is -0.253 e. The highest BCUT2D eigenvalue weighted by Crippen LogP contribution is 2.21. The number of hydrogen-bond donors (Lipinski definition) is 0. The Morgan fingerprint density at radius 1 is 1.38 bits per heavy atom. The number of nitrogens with zero attached hydrogens (tertiary/aromatic N) is 2. The minimum absolute atomic E-state index is 0.125. The maximum Gasteiger partial charge on any atom is 0.146 e. The Kier molecular flexibility index (Phi) is 3.66. The molecule has 84 valence electrons. The zero-order valence-corrected chi connectivity index (χ0v) is 11.9. The third-order valence-electron chi connectivity index (χ3n) is 2.05. The number of benzene rings is 1. The lowest BCUT2D eigenvalue weighted by Gasteiger charge is -2.05. The van der Waals surface area contributed by atoms with Crippen molar-refractivity contribution >= 4 is 43.5 Å². The summed E-state index contributed by atoms with van der Waals surface area (Å²) < 4.78 is 16.7. The average molecular weight is 368 g/mol. The number of halogens is 4. The third kappa shape index (κ3) is 2.47. The Morgan fingerprint density at radius 2 is 2.12 bits per heavy atom. The lowest BCUT2D eigenvalue weighted by Crippen LogP contribution is -2.04. The maximum atomic E-state index is 13.6. The fourth-order valence-corrected chi connectivity index (χ4v) is 2.64. The molecule has 0 bridgehead atoms. The predicted molar refractivity (Wildman–Crippen MR) is 68.1 cm³/mol. The molecular formula is C10H6Br2ClFN2. The van der Waals surface area contributed by atoms with Crippen LogP contribution in [0.3, 0.4) is 0 Å². The van der Waals surface area contributed by atoms with Crippen molar-refractivity contribution in [3.63, 3.8) is 0 Å². The second kappa shape index (κ2) is 4.85. The van der Waals surface area contributed by atoms with Crippen molar-refractivity contribution < 1.29 is 4.39 Å². The molecule has 1 aromatic heterocycles. The summed E-state index contributed by atoms with van der Waals surface area (Å²) in [5.74, 6) is -0.400. The van der Waals surface area contributed by atoms with Crippen LogP contribution in [0.4, 0.5) is 4.39 Å². The third-order valence-corrected chi connectivity index (χ3v) is 3.37. The van der Waals surface area contributed by atoms with E-state index < -0.39 is 5.82 Å². The summed E-state index contributed by atoms with van der Waals surface area (Å²) in [4.78, 5) is 0. The number of hydrogen-bond acceptors (Lipinski definition) is 1. The van der Waals surface area contributed by atoms with E-state index in [-0.39, 0.29) is 5.02 Å². The van der Waals surface area contributed by atoms with E-state index in [4.69, 9.17) is 11.6 Å². The predicted octanol–water partition coefficient (Wildman–Crippen LogP) is 4.25. The van der Waals surface area contributed by atoms with Gasteiger partial charge in [0.2, 0.25) is 0 Å². The molecule has 0 spiro atoms. The summed E-state index contributed by atoms with van der Waals surface area (Å²) in [5.41, 5.74) is 0.504. The van der Waals surface area contributed by atoms with E-state index in [1.54, 1.807) is 22.9 Å². The lowest BCUT2D eigenvalue weighted by molar-refractivity contribution is 0.581. The van der Waals surface area contributed by atoms with Gasteiger partial charge in [-0.15, -0.1) is 0 Å². The van der Waals surface area contributed by atoms with Crippen molar-refractivity contribution in [3.8, 4) is 0 Å². The van der Waals surface area contributed by atoms with Crippen LogP contribution < -0.4 is 0 Å². The molecule has 0 saturated carbocycles. The molecule has 2 aromatic rings. The van der Waals surface area contributed by atoms with Crippen molar-refractivity contribution in [1.29, 1.82) is 0 Å². The second-order valence-electron chi connectivity index (χ2n) is 3.16. The fourth-order valence-electron chi connectivity index (χ4n) is 1.31. The van der Waals surface area contributed by atoms with Gasteiger partial charge in [-0.2, -0.15) is 5.10 Å². The molecule has 6 heteroatoms. The number of aromatic nitrogens is 2. The molecule has 1 heterocycles. The zero-order valence-electron chi connectivity index (χ0n) is 7.92. The maximum absolute atomic E-state index is 13.6. The summed E-state index contributed by atoms with van der Waals surface area (Å²) in [6.45, 7) is 0.332. The molecule has 2 rings (SSSR count). The highest BCUT2D eigenvalue weighted by Gasteiger charge is 2.09. The van der Waals surface area contributed by atoms with Gasteiger partial charge in [-0.05, 0) is 37.9 Å². The Morgan fingerprint density at radius 3 is 2.75 bits per heavy atom. The molecule has 0 aliphatic rings. The van der Waals surface area contributed by atoms with Crippen LogP contribution in [0.25, 0.3) is 0 Å². The lowest BCUT2D eigenvalue weighted by atomic mass is 10.2. The molecular weight excluding hydrogens is 362 g/mol. The molecule has 0 radical (unpaired) electrons. The highest BCUT2D eigenvalue weighted by atomic mass is 79.9. The Labute approximate surface area is 114 Å². The van der Waals surface area contributed by atoms with Crippen molar-refractivity contribution in [2.45, 2.75) is 6.54 Å².